The van der Waals surface area contributed by atoms with E-state index in [1.54, 1.807) is 35.6 Å². The van der Waals surface area contributed by atoms with Crippen molar-refractivity contribution in [2.24, 2.45) is 0 Å². The number of nitrogens with zero attached hydrogens (tertiary/aromatic N) is 4. The van der Waals surface area contributed by atoms with Gasteiger partial charge in [0.1, 0.15) is 22.2 Å². The molecule has 0 spiro atoms. The van der Waals surface area contributed by atoms with Crippen LogP contribution in [0.15, 0.2) is 149 Å². The largest absolute Gasteiger partial charge is 0.355 e. The zero-order valence-electron chi connectivity index (χ0n) is 34.3. The van der Waals surface area contributed by atoms with Gasteiger partial charge in [-0.1, -0.05) is 128 Å². The van der Waals surface area contributed by atoms with Gasteiger partial charge in [0, 0.05) is 34.6 Å². The van der Waals surface area contributed by atoms with Crippen LogP contribution in [0.5, 0.6) is 0 Å². The number of nitrogens with one attached hydrogen (secondary N) is 3. The third kappa shape index (κ3) is 11.7. The Balaban J connectivity index is 1.02. The van der Waals surface area contributed by atoms with Crippen molar-refractivity contribution in [2.75, 3.05) is 28.7 Å². The number of amides is 3. The lowest BCUT2D eigenvalue weighted by molar-refractivity contribution is -0.118. The van der Waals surface area contributed by atoms with Crippen LogP contribution in [0, 0.1) is 22.7 Å². The summed E-state index contributed by atoms with van der Waals surface area (Å²) in [6, 6.07) is 46.1. The number of aromatic nitrogens is 2. The summed E-state index contributed by atoms with van der Waals surface area (Å²) in [5.41, 5.74) is 7.83. The molecule has 0 saturated carbocycles. The van der Waals surface area contributed by atoms with Crippen LogP contribution in [0.25, 0.3) is 44.1 Å². The molecule has 0 aliphatic heterocycles. The molecular weight excluding hydrogens is 843 g/mol. The highest BCUT2D eigenvalue weighted by molar-refractivity contribution is 8.00. The van der Waals surface area contributed by atoms with Gasteiger partial charge in [-0.15, -0.1) is 11.3 Å². The lowest BCUT2D eigenvalue weighted by Crippen LogP contribution is -2.26. The minimum Gasteiger partial charge on any atom is -0.355 e. The minimum absolute atomic E-state index is 0.00618. The molecule has 3 aromatic heterocycles. The number of nitriles is 2. The predicted molar refractivity (Wildman–Crippen MR) is 254 cm³/mol. The van der Waals surface area contributed by atoms with Crippen molar-refractivity contribution in [2.45, 2.75) is 36.2 Å². The van der Waals surface area contributed by atoms with Crippen LogP contribution in [0.2, 0.25) is 0 Å². The molecule has 4 aromatic carbocycles. The first-order valence-corrected chi connectivity index (χ1v) is 23.0. The van der Waals surface area contributed by atoms with Crippen LogP contribution in [0.1, 0.15) is 36.5 Å². The van der Waals surface area contributed by atoms with E-state index in [2.05, 4.69) is 35.0 Å². The van der Waals surface area contributed by atoms with Gasteiger partial charge in [-0.2, -0.15) is 10.5 Å². The summed E-state index contributed by atoms with van der Waals surface area (Å²) >= 11 is 3.98. The summed E-state index contributed by atoms with van der Waals surface area (Å²) in [4.78, 5) is 49.9. The second-order valence-electron chi connectivity index (χ2n) is 14.2. The van der Waals surface area contributed by atoms with E-state index in [1.807, 2.05) is 115 Å². The number of benzene rings is 4. The van der Waals surface area contributed by atoms with Crippen molar-refractivity contribution >= 4 is 64.0 Å². The number of hydrogen-bond acceptors (Lipinski definition) is 10. The second kappa shape index (κ2) is 21.7. The zero-order chi connectivity index (χ0) is 44.0. The van der Waals surface area contributed by atoms with E-state index >= 15 is 0 Å². The summed E-state index contributed by atoms with van der Waals surface area (Å²) in [6.07, 6.45) is 1.92. The van der Waals surface area contributed by atoms with Gasteiger partial charge in [-0.3, -0.25) is 14.4 Å². The molecule has 7 rings (SSSR count). The molecule has 0 bridgehead atoms. The average molecular weight is 884 g/mol. The van der Waals surface area contributed by atoms with Gasteiger partial charge in [-0.05, 0) is 71.0 Å². The van der Waals surface area contributed by atoms with Gasteiger partial charge in [0.25, 0.3) is 0 Å². The number of carbonyl (C=O) groups excluding carboxylic acids is 3. The number of thiophene rings is 1. The van der Waals surface area contributed by atoms with Crippen molar-refractivity contribution in [3.05, 3.63) is 156 Å². The zero-order valence-corrected chi connectivity index (χ0v) is 36.7. The standard InChI is InChI=1S/C50H41N7O3S3/c1-2-3-22-53-47(59)31-62-49-41(29-51)39(34-14-6-4-7-15-34)27-43(56-49)36-18-10-13-33(24-36)25-46(58)54-37-19-11-20-38(26-37)55-48(60)32-63-50-42(30-52)40(35-16-8-5-9-17-35)28-44(57-50)45-21-12-23-61-45/h4-21,23-24,26-28H,2-3,22,25,31-32H2,1H3,(H,53,59)(H,54,58)(H,55,60). The van der Waals surface area contributed by atoms with Crippen molar-refractivity contribution in [1.82, 2.24) is 15.3 Å². The maximum atomic E-state index is 13.4. The van der Waals surface area contributed by atoms with Crippen LogP contribution in [-0.4, -0.2) is 45.7 Å². The highest BCUT2D eigenvalue weighted by atomic mass is 32.2. The summed E-state index contributed by atoms with van der Waals surface area (Å²) in [6.45, 7) is 2.66. The maximum absolute atomic E-state index is 13.4. The molecule has 0 aliphatic carbocycles. The van der Waals surface area contributed by atoms with E-state index in [0.717, 1.165) is 51.2 Å². The number of anilines is 2. The van der Waals surface area contributed by atoms with Crippen molar-refractivity contribution < 1.29 is 14.4 Å². The SMILES string of the molecule is CCCCNC(=O)CSc1nc(-c2cccc(CC(=O)Nc3cccc(NC(=O)CSc4nc(-c5cccs5)cc(-c5ccccc5)c4C#N)c3)c2)cc(-c2ccccc2)c1C#N. The number of hydrogen-bond donors (Lipinski definition) is 3. The number of pyridine rings is 2. The molecule has 0 atom stereocenters. The normalized spacial score (nSPS) is 10.7. The molecule has 0 aliphatic rings. The van der Waals surface area contributed by atoms with Gasteiger partial charge < -0.3 is 16.0 Å². The smallest absolute Gasteiger partial charge is 0.234 e. The molecular formula is C50H41N7O3S3. The van der Waals surface area contributed by atoms with E-state index < -0.39 is 0 Å². The van der Waals surface area contributed by atoms with Gasteiger partial charge in [0.2, 0.25) is 17.7 Å². The Hall–Kier alpha value is -7.03. The molecule has 3 amide bonds. The quantitative estimate of drug-likeness (QED) is 0.0597. The van der Waals surface area contributed by atoms with Crippen molar-refractivity contribution in [3.63, 3.8) is 0 Å². The third-order valence-corrected chi connectivity index (χ3v) is 12.5. The summed E-state index contributed by atoms with van der Waals surface area (Å²) in [5.74, 6) is -0.551. The second-order valence-corrected chi connectivity index (χ2v) is 17.1. The Bertz CT molecular complexity index is 2820. The molecule has 63 heavy (non-hydrogen) atoms. The van der Waals surface area contributed by atoms with E-state index in [9.17, 15) is 24.9 Å². The summed E-state index contributed by atoms with van der Waals surface area (Å²) in [7, 11) is 0. The van der Waals surface area contributed by atoms with E-state index in [0.29, 0.717) is 50.4 Å². The minimum atomic E-state index is -0.294. The Morgan fingerprint density at radius 2 is 1.19 bits per heavy atom. The Morgan fingerprint density at radius 3 is 1.79 bits per heavy atom. The first-order chi connectivity index (χ1) is 30.8. The van der Waals surface area contributed by atoms with E-state index in [-0.39, 0.29) is 35.6 Å². The molecule has 3 heterocycles. The fraction of sp³-hybridized carbons (Fsp3) is 0.140. The van der Waals surface area contributed by atoms with Crippen LogP contribution >= 0.6 is 34.9 Å². The van der Waals surface area contributed by atoms with Crippen LogP contribution in [0.3, 0.4) is 0 Å². The molecule has 7 aromatic rings. The van der Waals surface area contributed by atoms with Crippen LogP contribution in [-0.2, 0) is 20.8 Å². The fourth-order valence-corrected chi connectivity index (χ4v) is 9.01. The third-order valence-electron chi connectivity index (χ3n) is 9.69. The van der Waals surface area contributed by atoms with Crippen LogP contribution in [0.4, 0.5) is 11.4 Å². The fourth-order valence-electron chi connectivity index (χ4n) is 6.68. The van der Waals surface area contributed by atoms with Gasteiger partial charge in [-0.25, -0.2) is 9.97 Å². The Labute approximate surface area is 378 Å². The highest BCUT2D eigenvalue weighted by Crippen LogP contribution is 2.37. The number of rotatable bonds is 17. The van der Waals surface area contributed by atoms with E-state index in [4.69, 9.17) is 9.97 Å². The van der Waals surface area contributed by atoms with Gasteiger partial charge >= 0.3 is 0 Å². The predicted octanol–water partition coefficient (Wildman–Crippen LogP) is 10.9. The highest BCUT2D eigenvalue weighted by Gasteiger charge is 2.20. The molecule has 13 heteroatoms. The topological polar surface area (TPSA) is 161 Å². The molecule has 10 nitrogen and oxygen atoms in total. The lowest BCUT2D eigenvalue weighted by atomic mass is 9.98. The molecule has 3 N–H and O–H groups in total. The molecule has 0 saturated heterocycles. The lowest BCUT2D eigenvalue weighted by Gasteiger charge is -2.13. The Morgan fingerprint density at radius 1 is 0.619 bits per heavy atom. The monoisotopic (exact) mass is 883 g/mol. The first kappa shape index (κ1) is 44.0. The maximum Gasteiger partial charge on any atom is 0.234 e. The van der Waals surface area contributed by atoms with Crippen molar-refractivity contribution in [1.29, 1.82) is 10.5 Å². The Kier molecular flexibility index (Phi) is 15.1. The van der Waals surface area contributed by atoms with Crippen molar-refractivity contribution in [3.8, 4) is 56.2 Å². The molecule has 0 unspecified atom stereocenters. The number of thioether (sulfide) groups is 2. The van der Waals surface area contributed by atoms with Gasteiger partial charge in [0.15, 0.2) is 0 Å². The number of carbonyl (C=O) groups is 3. The van der Waals surface area contributed by atoms with Gasteiger partial charge in [0.05, 0.1) is 45.3 Å². The number of unbranched alkanes of at least 4 members (excludes halogenated alkanes) is 1. The first-order valence-electron chi connectivity index (χ1n) is 20.2. The average Bonchev–Trinajstić information content (AvgIpc) is 3.86. The van der Waals surface area contributed by atoms with E-state index in [1.165, 1.54) is 23.5 Å². The summed E-state index contributed by atoms with van der Waals surface area (Å²) < 4.78 is 0. The molecule has 0 radical (unpaired) electrons. The summed E-state index contributed by atoms with van der Waals surface area (Å²) in [5, 5.41) is 32.2. The molecule has 312 valence electrons. The van der Waals surface area contributed by atoms with Crippen LogP contribution < -0.4 is 16.0 Å². The molecule has 0 fully saturated rings.